The minimum absolute atomic E-state index is 0.0574. The molecule has 1 aromatic carbocycles. The van der Waals surface area contributed by atoms with Gasteiger partial charge in [-0.15, -0.1) is 0 Å². The van der Waals surface area contributed by atoms with Gasteiger partial charge in [-0.3, -0.25) is 4.79 Å². The number of carbonyl (C=O) groups excluding carboxylic acids is 2. The number of carbonyl (C=O) groups is 2. The van der Waals surface area contributed by atoms with Crippen LogP contribution in [-0.4, -0.2) is 30.1 Å². The van der Waals surface area contributed by atoms with Crippen LogP contribution in [0.5, 0.6) is 0 Å². The highest BCUT2D eigenvalue weighted by atomic mass is 17.2. The standard InChI is InChI=1S/C12H12O6/c13-6-7-17-18-9-8-16-12(15)11(14)10-4-2-1-3-5-10/h1-7,13H,8-9H2/b7-6-. The summed E-state index contributed by atoms with van der Waals surface area (Å²) in [5, 5.41) is 8.19. The number of ketones is 1. The Bertz CT molecular complexity index is 412. The zero-order valence-corrected chi connectivity index (χ0v) is 9.44. The first-order valence-electron chi connectivity index (χ1n) is 5.09. The first-order chi connectivity index (χ1) is 8.75. The van der Waals surface area contributed by atoms with Gasteiger partial charge in [-0.2, -0.15) is 4.89 Å². The Labute approximate surface area is 103 Å². The van der Waals surface area contributed by atoms with Crippen LogP contribution >= 0.6 is 0 Å². The van der Waals surface area contributed by atoms with Crippen molar-refractivity contribution in [3.63, 3.8) is 0 Å². The third kappa shape index (κ3) is 4.67. The summed E-state index contributed by atoms with van der Waals surface area (Å²) in [6.07, 6.45) is 1.54. The number of benzene rings is 1. The molecule has 0 spiro atoms. The average molecular weight is 252 g/mol. The van der Waals surface area contributed by atoms with Crippen molar-refractivity contribution in [2.75, 3.05) is 13.2 Å². The lowest BCUT2D eigenvalue weighted by Gasteiger charge is -2.03. The Morgan fingerprint density at radius 2 is 1.89 bits per heavy atom. The van der Waals surface area contributed by atoms with Gasteiger partial charge < -0.3 is 14.7 Å². The van der Waals surface area contributed by atoms with Crippen LogP contribution in [0, 0.1) is 0 Å². The molecule has 6 heteroatoms. The summed E-state index contributed by atoms with van der Waals surface area (Å²) in [4.78, 5) is 31.6. The molecule has 0 saturated heterocycles. The monoisotopic (exact) mass is 252 g/mol. The van der Waals surface area contributed by atoms with Crippen molar-refractivity contribution in [2.45, 2.75) is 0 Å². The maximum Gasteiger partial charge on any atom is 0.379 e. The zero-order chi connectivity index (χ0) is 13.2. The van der Waals surface area contributed by atoms with Crippen LogP contribution in [0.4, 0.5) is 0 Å². The fourth-order valence-electron chi connectivity index (χ4n) is 1.05. The molecule has 0 atom stereocenters. The van der Waals surface area contributed by atoms with Gasteiger partial charge in [-0.05, 0) is 0 Å². The first-order valence-corrected chi connectivity index (χ1v) is 5.09. The lowest BCUT2D eigenvalue weighted by molar-refractivity contribution is -0.254. The molecule has 0 bridgehead atoms. The minimum atomic E-state index is -0.956. The average Bonchev–Trinajstić information content (AvgIpc) is 2.42. The van der Waals surface area contributed by atoms with Crippen LogP contribution in [0.25, 0.3) is 0 Å². The number of esters is 1. The van der Waals surface area contributed by atoms with E-state index in [1.807, 2.05) is 0 Å². The molecular formula is C12H12O6. The number of rotatable bonds is 7. The number of aliphatic hydroxyl groups is 1. The van der Waals surface area contributed by atoms with E-state index in [0.29, 0.717) is 6.26 Å². The predicted molar refractivity (Wildman–Crippen MR) is 60.5 cm³/mol. The number of hydrogen-bond acceptors (Lipinski definition) is 6. The van der Waals surface area contributed by atoms with Crippen LogP contribution < -0.4 is 0 Å². The number of Topliss-reactive ketones (excluding diaryl/α,β-unsaturated/α-hetero) is 1. The zero-order valence-electron chi connectivity index (χ0n) is 9.44. The number of hydrogen-bond donors (Lipinski definition) is 1. The van der Waals surface area contributed by atoms with Crippen molar-refractivity contribution >= 4 is 11.8 Å². The fraction of sp³-hybridized carbons (Fsp3) is 0.167. The second-order valence-corrected chi connectivity index (χ2v) is 3.03. The van der Waals surface area contributed by atoms with Crippen molar-refractivity contribution < 1.29 is 29.2 Å². The third-order valence-corrected chi connectivity index (χ3v) is 1.81. The predicted octanol–water partition coefficient (Wildman–Crippen LogP) is 1.39. The van der Waals surface area contributed by atoms with Gasteiger partial charge in [0, 0.05) is 5.56 Å². The molecule has 0 aliphatic rings. The molecule has 0 amide bonds. The van der Waals surface area contributed by atoms with Gasteiger partial charge in [0.05, 0.1) is 0 Å². The van der Waals surface area contributed by atoms with Crippen LogP contribution in [-0.2, 0) is 19.3 Å². The van der Waals surface area contributed by atoms with Gasteiger partial charge in [-0.25, -0.2) is 4.79 Å². The Balaban J connectivity index is 2.27. The largest absolute Gasteiger partial charge is 0.512 e. The molecule has 0 radical (unpaired) electrons. The molecule has 1 rings (SSSR count). The van der Waals surface area contributed by atoms with E-state index in [-0.39, 0.29) is 18.8 Å². The second-order valence-electron chi connectivity index (χ2n) is 3.03. The summed E-state index contributed by atoms with van der Waals surface area (Å²) < 4.78 is 4.66. The van der Waals surface area contributed by atoms with E-state index in [1.165, 1.54) is 12.1 Å². The van der Waals surface area contributed by atoms with E-state index in [2.05, 4.69) is 14.5 Å². The summed E-state index contributed by atoms with van der Waals surface area (Å²) in [6, 6.07) is 8.09. The van der Waals surface area contributed by atoms with Gasteiger partial charge in [0.1, 0.15) is 19.5 Å². The Kier molecular flexibility index (Phi) is 5.99. The molecule has 0 fully saturated rings. The van der Waals surface area contributed by atoms with Crippen molar-refractivity contribution in [3.8, 4) is 0 Å². The van der Waals surface area contributed by atoms with Crippen molar-refractivity contribution in [1.82, 2.24) is 0 Å². The van der Waals surface area contributed by atoms with E-state index >= 15 is 0 Å². The molecule has 1 aromatic rings. The Hall–Kier alpha value is -2.34. The molecule has 6 nitrogen and oxygen atoms in total. The van der Waals surface area contributed by atoms with Gasteiger partial charge in [0.2, 0.25) is 0 Å². The second kappa shape index (κ2) is 7.86. The van der Waals surface area contributed by atoms with Crippen LogP contribution in [0.3, 0.4) is 0 Å². The normalized spacial score (nSPS) is 10.2. The van der Waals surface area contributed by atoms with Crippen LogP contribution in [0.15, 0.2) is 42.9 Å². The molecule has 0 heterocycles. The highest BCUT2D eigenvalue weighted by Crippen LogP contribution is 2.01. The summed E-state index contributed by atoms with van der Waals surface area (Å²) in [5.74, 6) is -1.67. The smallest absolute Gasteiger partial charge is 0.379 e. The summed E-state index contributed by atoms with van der Waals surface area (Å²) in [6.45, 7) is -0.186. The molecule has 0 aliphatic carbocycles. The Morgan fingerprint density at radius 3 is 2.56 bits per heavy atom. The quantitative estimate of drug-likeness (QED) is 0.150. The fourth-order valence-corrected chi connectivity index (χ4v) is 1.05. The van der Waals surface area contributed by atoms with Gasteiger partial charge in [-0.1, -0.05) is 30.3 Å². The van der Waals surface area contributed by atoms with Gasteiger partial charge >= 0.3 is 5.97 Å². The maximum atomic E-state index is 11.5. The highest BCUT2D eigenvalue weighted by molar-refractivity contribution is 6.40. The summed E-state index contributed by atoms with van der Waals surface area (Å²) in [7, 11) is 0. The number of ether oxygens (including phenoxy) is 1. The lowest BCUT2D eigenvalue weighted by atomic mass is 10.1. The van der Waals surface area contributed by atoms with E-state index in [0.717, 1.165) is 6.26 Å². The van der Waals surface area contributed by atoms with Crippen molar-refractivity contribution in [2.24, 2.45) is 0 Å². The summed E-state index contributed by atoms with van der Waals surface area (Å²) >= 11 is 0. The molecule has 0 aromatic heterocycles. The van der Waals surface area contributed by atoms with E-state index in [9.17, 15) is 9.59 Å². The first kappa shape index (κ1) is 13.7. The van der Waals surface area contributed by atoms with Crippen molar-refractivity contribution in [3.05, 3.63) is 48.4 Å². The maximum absolute atomic E-state index is 11.5. The number of aliphatic hydroxyl groups excluding tert-OH is 1. The minimum Gasteiger partial charge on any atom is -0.512 e. The third-order valence-electron chi connectivity index (χ3n) is 1.81. The molecule has 1 N–H and O–H groups in total. The van der Waals surface area contributed by atoms with Gasteiger partial charge in [0.25, 0.3) is 5.78 Å². The van der Waals surface area contributed by atoms with E-state index in [1.54, 1.807) is 18.2 Å². The molecular weight excluding hydrogens is 240 g/mol. The molecule has 0 saturated carbocycles. The highest BCUT2D eigenvalue weighted by Gasteiger charge is 2.16. The van der Waals surface area contributed by atoms with Crippen LogP contribution in [0.1, 0.15) is 10.4 Å². The van der Waals surface area contributed by atoms with E-state index < -0.39 is 11.8 Å². The van der Waals surface area contributed by atoms with Crippen molar-refractivity contribution in [1.29, 1.82) is 0 Å². The topological polar surface area (TPSA) is 82.1 Å². The Morgan fingerprint density at radius 1 is 1.17 bits per heavy atom. The summed E-state index contributed by atoms with van der Waals surface area (Å²) in [5.41, 5.74) is 0.267. The molecule has 18 heavy (non-hydrogen) atoms. The molecule has 96 valence electrons. The van der Waals surface area contributed by atoms with Crippen LogP contribution in [0.2, 0.25) is 0 Å². The lowest BCUT2D eigenvalue weighted by Crippen LogP contribution is -2.19. The van der Waals surface area contributed by atoms with E-state index in [4.69, 9.17) is 5.11 Å². The SMILES string of the molecule is O=C(OCCOO/C=C\O)C(=O)c1ccccc1. The van der Waals surface area contributed by atoms with Gasteiger partial charge in [0.15, 0.2) is 6.26 Å². The molecule has 0 unspecified atom stereocenters. The molecule has 0 aliphatic heterocycles.